The third-order valence-corrected chi connectivity index (χ3v) is 4.78. The maximum atomic E-state index is 11.9. The molecule has 3 heterocycles. The van der Waals surface area contributed by atoms with E-state index in [2.05, 4.69) is 0 Å². The van der Waals surface area contributed by atoms with Gasteiger partial charge in [-0.05, 0) is 30.7 Å². The highest BCUT2D eigenvalue weighted by molar-refractivity contribution is 5.91. The standard InChI is InChI=1S/C21H23N3O4/c1-4-16-21(23(3)14(2)25)24-11-7-10-19(20(24)22-16)27-13-15-12-26-17-8-5-6-9-18(17)28-15/h5-11,15H,4,12-13H2,1-3H3. The van der Waals surface area contributed by atoms with Crippen molar-refractivity contribution in [1.29, 1.82) is 0 Å². The van der Waals surface area contributed by atoms with Gasteiger partial charge in [0.05, 0.1) is 5.69 Å². The second-order valence-electron chi connectivity index (χ2n) is 6.69. The molecular formula is C21H23N3O4. The SMILES string of the molecule is CCc1nc2c(OCC3COc4ccccc4O3)cccn2c1N(C)C(C)=O. The zero-order valence-corrected chi connectivity index (χ0v) is 16.2. The summed E-state index contributed by atoms with van der Waals surface area (Å²) in [7, 11) is 1.75. The molecule has 7 nitrogen and oxygen atoms in total. The molecule has 3 aromatic rings. The zero-order chi connectivity index (χ0) is 19.7. The Labute approximate surface area is 163 Å². The van der Waals surface area contributed by atoms with Crippen LogP contribution in [0.5, 0.6) is 17.2 Å². The molecule has 0 spiro atoms. The summed E-state index contributed by atoms with van der Waals surface area (Å²) >= 11 is 0. The van der Waals surface area contributed by atoms with Gasteiger partial charge in [-0.3, -0.25) is 14.1 Å². The fourth-order valence-electron chi connectivity index (χ4n) is 3.26. The summed E-state index contributed by atoms with van der Waals surface area (Å²) in [5.74, 6) is 2.83. The number of ether oxygens (including phenoxy) is 3. The van der Waals surface area contributed by atoms with Crippen LogP contribution in [-0.4, -0.2) is 41.7 Å². The number of imidazole rings is 1. The van der Waals surface area contributed by atoms with Crippen LogP contribution >= 0.6 is 0 Å². The van der Waals surface area contributed by atoms with Crippen LogP contribution in [0.1, 0.15) is 19.5 Å². The van der Waals surface area contributed by atoms with Gasteiger partial charge in [-0.25, -0.2) is 4.98 Å². The summed E-state index contributed by atoms with van der Waals surface area (Å²) < 4.78 is 19.6. The third kappa shape index (κ3) is 3.24. The predicted octanol–water partition coefficient (Wildman–Crippen LogP) is 3.10. The largest absolute Gasteiger partial charge is 0.486 e. The number of fused-ring (bicyclic) bond motifs is 2. The summed E-state index contributed by atoms with van der Waals surface area (Å²) in [5, 5.41) is 0. The molecule has 0 fully saturated rings. The Morgan fingerprint density at radius 3 is 2.82 bits per heavy atom. The van der Waals surface area contributed by atoms with Crippen molar-refractivity contribution in [3.63, 3.8) is 0 Å². The Morgan fingerprint density at radius 2 is 2.07 bits per heavy atom. The van der Waals surface area contributed by atoms with Crippen molar-refractivity contribution in [1.82, 2.24) is 9.38 Å². The van der Waals surface area contributed by atoms with Crippen molar-refractivity contribution < 1.29 is 19.0 Å². The molecule has 0 N–H and O–H groups in total. The molecule has 1 aliphatic rings. The highest BCUT2D eigenvalue weighted by Gasteiger charge is 2.23. The molecule has 146 valence electrons. The van der Waals surface area contributed by atoms with Gasteiger partial charge in [0, 0.05) is 20.2 Å². The van der Waals surface area contributed by atoms with E-state index >= 15 is 0 Å². The lowest BCUT2D eigenvalue weighted by atomic mass is 10.2. The number of benzene rings is 1. The summed E-state index contributed by atoms with van der Waals surface area (Å²) in [4.78, 5) is 18.2. The number of aryl methyl sites for hydroxylation is 1. The molecule has 1 aliphatic heterocycles. The van der Waals surface area contributed by atoms with E-state index in [1.54, 1.807) is 11.9 Å². The van der Waals surface area contributed by atoms with Gasteiger partial charge in [-0.15, -0.1) is 0 Å². The van der Waals surface area contributed by atoms with Gasteiger partial charge < -0.3 is 14.2 Å². The first kappa shape index (κ1) is 18.2. The third-order valence-electron chi connectivity index (χ3n) is 4.78. The van der Waals surface area contributed by atoms with Crippen LogP contribution in [0.15, 0.2) is 42.6 Å². The Balaban J connectivity index is 1.57. The molecule has 1 aromatic carbocycles. The molecule has 1 amide bonds. The highest BCUT2D eigenvalue weighted by Crippen LogP contribution is 2.32. The first-order valence-electron chi connectivity index (χ1n) is 9.34. The summed E-state index contributed by atoms with van der Waals surface area (Å²) in [5.41, 5.74) is 1.53. The maximum Gasteiger partial charge on any atom is 0.224 e. The number of anilines is 1. The van der Waals surface area contributed by atoms with Gasteiger partial charge in [0.15, 0.2) is 29.0 Å². The molecule has 1 atom stereocenters. The molecule has 4 rings (SSSR count). The molecule has 7 heteroatoms. The first-order valence-corrected chi connectivity index (χ1v) is 9.34. The molecule has 0 saturated carbocycles. The van der Waals surface area contributed by atoms with Crippen LogP contribution in [-0.2, 0) is 11.2 Å². The van der Waals surface area contributed by atoms with Gasteiger partial charge in [0.2, 0.25) is 5.91 Å². The van der Waals surface area contributed by atoms with Crippen molar-refractivity contribution in [3.8, 4) is 17.2 Å². The Bertz CT molecular complexity index is 1010. The van der Waals surface area contributed by atoms with Crippen LogP contribution in [0.3, 0.4) is 0 Å². The number of carbonyl (C=O) groups is 1. The van der Waals surface area contributed by atoms with E-state index in [0.29, 0.717) is 31.0 Å². The second kappa shape index (κ2) is 7.42. The zero-order valence-electron chi connectivity index (χ0n) is 16.2. The predicted molar refractivity (Wildman–Crippen MR) is 106 cm³/mol. The lowest BCUT2D eigenvalue weighted by molar-refractivity contribution is -0.116. The number of hydrogen-bond acceptors (Lipinski definition) is 5. The van der Waals surface area contributed by atoms with Crippen LogP contribution in [0.25, 0.3) is 5.65 Å². The monoisotopic (exact) mass is 381 g/mol. The quantitative estimate of drug-likeness (QED) is 0.680. The molecule has 0 radical (unpaired) electrons. The molecule has 0 aliphatic carbocycles. The van der Waals surface area contributed by atoms with Crippen molar-refractivity contribution in [2.45, 2.75) is 26.4 Å². The van der Waals surface area contributed by atoms with E-state index in [1.807, 2.05) is 53.9 Å². The van der Waals surface area contributed by atoms with Crippen LogP contribution in [0.2, 0.25) is 0 Å². The fourth-order valence-corrected chi connectivity index (χ4v) is 3.26. The van der Waals surface area contributed by atoms with E-state index in [4.69, 9.17) is 19.2 Å². The molecule has 2 aromatic heterocycles. The normalized spacial score (nSPS) is 15.5. The average molecular weight is 381 g/mol. The van der Waals surface area contributed by atoms with E-state index in [9.17, 15) is 4.79 Å². The van der Waals surface area contributed by atoms with Crippen LogP contribution < -0.4 is 19.1 Å². The van der Waals surface area contributed by atoms with E-state index in [-0.39, 0.29) is 12.0 Å². The minimum absolute atomic E-state index is 0.0470. The number of aromatic nitrogens is 2. The fraction of sp³-hybridized carbons (Fsp3) is 0.333. The maximum absolute atomic E-state index is 11.9. The number of amides is 1. The van der Waals surface area contributed by atoms with Gasteiger partial charge >= 0.3 is 0 Å². The van der Waals surface area contributed by atoms with Crippen molar-refractivity contribution in [3.05, 3.63) is 48.3 Å². The van der Waals surface area contributed by atoms with E-state index < -0.39 is 0 Å². The van der Waals surface area contributed by atoms with Crippen molar-refractivity contribution in [2.24, 2.45) is 0 Å². The number of hydrogen-bond donors (Lipinski definition) is 0. The second-order valence-corrected chi connectivity index (χ2v) is 6.69. The number of pyridine rings is 1. The molecular weight excluding hydrogens is 358 g/mol. The first-order chi connectivity index (χ1) is 13.6. The lowest BCUT2D eigenvalue weighted by Gasteiger charge is -2.26. The van der Waals surface area contributed by atoms with Crippen molar-refractivity contribution in [2.75, 3.05) is 25.2 Å². The smallest absolute Gasteiger partial charge is 0.224 e. The van der Waals surface area contributed by atoms with Crippen LogP contribution in [0.4, 0.5) is 5.82 Å². The lowest BCUT2D eigenvalue weighted by Crippen LogP contribution is -2.34. The number of nitrogens with zero attached hydrogens (tertiary/aromatic N) is 3. The molecule has 0 bridgehead atoms. The minimum Gasteiger partial charge on any atom is -0.486 e. The van der Waals surface area contributed by atoms with Gasteiger partial charge in [-0.1, -0.05) is 19.1 Å². The van der Waals surface area contributed by atoms with Crippen LogP contribution in [0, 0.1) is 0 Å². The van der Waals surface area contributed by atoms with Crippen molar-refractivity contribution >= 4 is 17.4 Å². The topological polar surface area (TPSA) is 65.3 Å². The number of para-hydroxylation sites is 2. The van der Waals surface area contributed by atoms with Gasteiger partial charge in [0.25, 0.3) is 0 Å². The number of rotatable bonds is 5. The highest BCUT2D eigenvalue weighted by atomic mass is 16.6. The van der Waals surface area contributed by atoms with E-state index in [1.165, 1.54) is 6.92 Å². The number of carbonyl (C=O) groups excluding carboxylic acids is 1. The summed E-state index contributed by atoms with van der Waals surface area (Å²) in [6.07, 6.45) is 2.39. The molecule has 1 unspecified atom stereocenters. The molecule has 0 saturated heterocycles. The van der Waals surface area contributed by atoms with E-state index in [0.717, 1.165) is 23.0 Å². The Morgan fingerprint density at radius 1 is 1.29 bits per heavy atom. The minimum atomic E-state index is -0.213. The summed E-state index contributed by atoms with van der Waals surface area (Å²) in [6, 6.07) is 11.4. The van der Waals surface area contributed by atoms with Gasteiger partial charge in [-0.2, -0.15) is 0 Å². The Kier molecular flexibility index (Phi) is 4.81. The molecule has 28 heavy (non-hydrogen) atoms. The average Bonchev–Trinajstić information content (AvgIpc) is 3.10. The van der Waals surface area contributed by atoms with Gasteiger partial charge in [0.1, 0.15) is 19.0 Å². The Hall–Kier alpha value is -3.22. The summed E-state index contributed by atoms with van der Waals surface area (Å²) in [6.45, 7) is 4.31.